The van der Waals surface area contributed by atoms with E-state index >= 15 is 0 Å². The summed E-state index contributed by atoms with van der Waals surface area (Å²) in [5.74, 6) is 0. The molecule has 2 heterocycles. The van der Waals surface area contributed by atoms with Gasteiger partial charge in [-0.2, -0.15) is 0 Å². The van der Waals surface area contributed by atoms with E-state index in [2.05, 4.69) is 0 Å². The van der Waals surface area contributed by atoms with Crippen LogP contribution in [0.2, 0.25) is 0 Å². The van der Waals surface area contributed by atoms with Gasteiger partial charge in [-0.05, 0) is 22.9 Å². The SMILES string of the molecule is O=Pc1ccsc1-c1sccc1P=O. The second kappa shape index (κ2) is 4.41. The van der Waals surface area contributed by atoms with Gasteiger partial charge in [0.1, 0.15) is 0 Å². The molecule has 0 fully saturated rings. The Kier molecular flexibility index (Phi) is 3.19. The van der Waals surface area contributed by atoms with Crippen molar-refractivity contribution in [2.75, 3.05) is 0 Å². The third-order valence-corrected chi connectivity index (χ3v) is 5.13. The molecule has 0 bridgehead atoms. The molecule has 0 spiro atoms. The lowest BCUT2D eigenvalue weighted by molar-refractivity contribution is 0.602. The molecule has 0 N–H and O–H groups in total. The average molecular weight is 258 g/mol. The van der Waals surface area contributed by atoms with Gasteiger partial charge in [0.15, 0.2) is 16.9 Å². The Morgan fingerprint density at radius 3 is 1.64 bits per heavy atom. The molecule has 14 heavy (non-hydrogen) atoms. The highest BCUT2D eigenvalue weighted by molar-refractivity contribution is 7.39. The number of rotatable bonds is 3. The molecule has 70 valence electrons. The Bertz CT molecular complexity index is 431. The molecule has 2 rings (SSSR count). The molecule has 0 amide bonds. The maximum absolute atomic E-state index is 10.8. The summed E-state index contributed by atoms with van der Waals surface area (Å²) in [5, 5.41) is 5.31. The number of hydrogen-bond donors (Lipinski definition) is 0. The number of thiophene rings is 2. The van der Waals surface area contributed by atoms with Gasteiger partial charge in [0.2, 0.25) is 0 Å². The van der Waals surface area contributed by atoms with E-state index in [-0.39, 0.29) is 16.9 Å². The summed E-state index contributed by atoms with van der Waals surface area (Å²) in [5.41, 5.74) is 0. The summed E-state index contributed by atoms with van der Waals surface area (Å²) in [7, 11) is 0.0325. The minimum absolute atomic E-state index is 0.0163. The van der Waals surface area contributed by atoms with Crippen LogP contribution in [0, 0.1) is 0 Å². The molecule has 0 aliphatic rings. The van der Waals surface area contributed by atoms with Gasteiger partial charge in [0, 0.05) is 0 Å². The zero-order valence-corrected chi connectivity index (χ0v) is 10.3. The Morgan fingerprint density at radius 2 is 1.29 bits per heavy atom. The van der Waals surface area contributed by atoms with Gasteiger partial charge >= 0.3 is 0 Å². The molecular formula is C8H4O2P2S2. The summed E-state index contributed by atoms with van der Waals surface area (Å²) >= 11 is 3.04. The first kappa shape index (κ1) is 10.1. The van der Waals surface area contributed by atoms with Crippen molar-refractivity contribution >= 4 is 50.2 Å². The van der Waals surface area contributed by atoms with Gasteiger partial charge in [-0.25, -0.2) is 0 Å². The molecule has 2 aromatic heterocycles. The normalized spacial score (nSPS) is 11.1. The lowest BCUT2D eigenvalue weighted by atomic mass is 10.4. The van der Waals surface area contributed by atoms with Crippen molar-refractivity contribution in [3.05, 3.63) is 22.9 Å². The maximum atomic E-state index is 10.8. The third-order valence-electron chi connectivity index (χ3n) is 1.69. The maximum Gasteiger partial charge on any atom is 0.193 e. The van der Waals surface area contributed by atoms with Crippen LogP contribution in [0.4, 0.5) is 0 Å². The van der Waals surface area contributed by atoms with Crippen molar-refractivity contribution in [2.24, 2.45) is 0 Å². The largest absolute Gasteiger partial charge is 0.269 e. The monoisotopic (exact) mass is 258 g/mol. The van der Waals surface area contributed by atoms with Gasteiger partial charge in [-0.1, -0.05) is 0 Å². The first-order valence-electron chi connectivity index (χ1n) is 3.69. The quantitative estimate of drug-likeness (QED) is 0.791. The Hall–Kier alpha value is -0.400. The Labute approximate surface area is 92.0 Å². The molecule has 0 aromatic carbocycles. The highest BCUT2D eigenvalue weighted by atomic mass is 32.1. The van der Waals surface area contributed by atoms with Gasteiger partial charge in [-0.3, -0.25) is 9.13 Å². The second-order valence-electron chi connectivity index (χ2n) is 2.45. The summed E-state index contributed by atoms with van der Waals surface area (Å²) in [4.78, 5) is 1.91. The molecule has 2 aromatic rings. The van der Waals surface area contributed by atoms with Crippen LogP contribution in [-0.2, 0) is 9.13 Å². The standard InChI is InChI=1S/C8H4O2P2S2/c9-11-5-1-3-13-7(5)8-6(12-10)2-4-14-8/h1-4H. The molecule has 0 unspecified atom stereocenters. The van der Waals surface area contributed by atoms with Crippen molar-refractivity contribution in [1.29, 1.82) is 0 Å². The van der Waals surface area contributed by atoms with Gasteiger partial charge in [0.05, 0.1) is 20.4 Å². The first-order chi connectivity index (χ1) is 6.86. The van der Waals surface area contributed by atoms with E-state index in [1.165, 1.54) is 22.7 Å². The smallest absolute Gasteiger partial charge is 0.193 e. The predicted octanol–water partition coefficient (Wildman–Crippen LogP) is 3.31. The first-order valence-corrected chi connectivity index (χ1v) is 7.07. The summed E-state index contributed by atoms with van der Waals surface area (Å²) in [6, 6.07) is 3.64. The van der Waals surface area contributed by atoms with Gasteiger partial charge < -0.3 is 0 Å². The molecule has 0 aliphatic carbocycles. The Balaban J connectivity index is 2.59. The van der Waals surface area contributed by atoms with Crippen LogP contribution in [0.5, 0.6) is 0 Å². The van der Waals surface area contributed by atoms with Crippen molar-refractivity contribution in [3.63, 3.8) is 0 Å². The zero-order valence-electron chi connectivity index (χ0n) is 6.84. The van der Waals surface area contributed by atoms with Crippen LogP contribution in [0.3, 0.4) is 0 Å². The molecular weight excluding hydrogens is 254 g/mol. The van der Waals surface area contributed by atoms with E-state index < -0.39 is 0 Å². The van der Waals surface area contributed by atoms with Crippen molar-refractivity contribution < 1.29 is 9.13 Å². The van der Waals surface area contributed by atoms with E-state index in [1.807, 2.05) is 22.9 Å². The van der Waals surface area contributed by atoms with Gasteiger partial charge in [-0.15, -0.1) is 22.7 Å². The summed E-state index contributed by atoms with van der Waals surface area (Å²) < 4.78 is 21.6. The van der Waals surface area contributed by atoms with E-state index in [1.54, 1.807) is 0 Å². The van der Waals surface area contributed by atoms with Crippen LogP contribution in [0.15, 0.2) is 22.9 Å². The van der Waals surface area contributed by atoms with Crippen LogP contribution in [0.1, 0.15) is 0 Å². The minimum atomic E-state index is 0.0163. The van der Waals surface area contributed by atoms with Crippen LogP contribution in [-0.4, -0.2) is 0 Å². The molecule has 0 radical (unpaired) electrons. The Morgan fingerprint density at radius 1 is 0.857 bits per heavy atom. The molecule has 2 nitrogen and oxygen atoms in total. The fraction of sp³-hybridized carbons (Fsp3) is 0. The lowest BCUT2D eigenvalue weighted by Crippen LogP contribution is -1.95. The second-order valence-corrected chi connectivity index (χ2v) is 5.61. The molecule has 6 heteroatoms. The summed E-state index contributed by atoms with van der Waals surface area (Å²) in [6.07, 6.45) is 0. The molecule has 0 atom stereocenters. The van der Waals surface area contributed by atoms with Crippen LogP contribution < -0.4 is 10.6 Å². The van der Waals surface area contributed by atoms with E-state index in [0.29, 0.717) is 0 Å². The minimum Gasteiger partial charge on any atom is -0.269 e. The third kappa shape index (κ3) is 1.71. The van der Waals surface area contributed by atoms with E-state index in [9.17, 15) is 9.13 Å². The lowest BCUT2D eigenvalue weighted by Gasteiger charge is -1.93. The number of hydrogen-bond acceptors (Lipinski definition) is 4. The van der Waals surface area contributed by atoms with Crippen molar-refractivity contribution in [1.82, 2.24) is 0 Å². The molecule has 0 aliphatic heterocycles. The highest BCUT2D eigenvalue weighted by Crippen LogP contribution is 2.30. The fourth-order valence-corrected chi connectivity index (χ4v) is 4.42. The fourth-order valence-electron chi connectivity index (χ4n) is 1.09. The highest BCUT2D eigenvalue weighted by Gasteiger charge is 2.12. The van der Waals surface area contributed by atoms with E-state index in [4.69, 9.17) is 0 Å². The van der Waals surface area contributed by atoms with Crippen LogP contribution in [0.25, 0.3) is 9.75 Å². The van der Waals surface area contributed by atoms with Crippen molar-refractivity contribution in [2.45, 2.75) is 0 Å². The zero-order chi connectivity index (χ0) is 9.97. The van der Waals surface area contributed by atoms with Gasteiger partial charge in [0.25, 0.3) is 0 Å². The topological polar surface area (TPSA) is 34.1 Å². The summed E-state index contributed by atoms with van der Waals surface area (Å²) in [6.45, 7) is 0. The molecule has 0 saturated heterocycles. The van der Waals surface area contributed by atoms with Crippen molar-refractivity contribution in [3.8, 4) is 9.75 Å². The van der Waals surface area contributed by atoms with Crippen LogP contribution >= 0.6 is 39.6 Å². The van der Waals surface area contributed by atoms with E-state index in [0.717, 1.165) is 20.4 Å². The predicted molar refractivity (Wildman–Crippen MR) is 62.1 cm³/mol. The average Bonchev–Trinajstić information content (AvgIpc) is 2.85. The molecule has 0 saturated carbocycles.